The first-order chi connectivity index (χ1) is 8.88. The molecule has 1 heterocycles. The average Bonchev–Trinajstić information content (AvgIpc) is 2.37. The third-order valence-electron chi connectivity index (χ3n) is 3.79. The monoisotopic (exact) mass is 271 g/mol. The first-order valence-electron chi connectivity index (χ1n) is 6.14. The summed E-state index contributed by atoms with van der Waals surface area (Å²) in [5.74, 6) is -4.77. The quantitative estimate of drug-likeness (QED) is 0.776. The molecule has 104 valence electrons. The van der Waals surface area contributed by atoms with Gasteiger partial charge in [-0.15, -0.1) is 0 Å². The molecule has 0 aromatic heterocycles. The zero-order valence-electron chi connectivity index (χ0n) is 10.6. The number of hydrogen-bond acceptors (Lipinski definition) is 3. The van der Waals surface area contributed by atoms with Gasteiger partial charge in [-0.3, -0.25) is 4.79 Å². The second-order valence-electron chi connectivity index (χ2n) is 4.84. The molecule has 0 saturated heterocycles. The number of aliphatic carboxylic acids is 1. The summed E-state index contributed by atoms with van der Waals surface area (Å²) in [6, 6.07) is -0.824. The molecule has 0 aromatic rings. The second kappa shape index (κ2) is 4.75. The van der Waals surface area contributed by atoms with Gasteiger partial charge in [0.05, 0.1) is 12.0 Å². The minimum Gasteiger partial charge on any atom is -0.478 e. The molecule has 0 spiro atoms. The molecular weight excluding hydrogens is 256 g/mol. The summed E-state index contributed by atoms with van der Waals surface area (Å²) in [5, 5.41) is 8.97. The van der Waals surface area contributed by atoms with Gasteiger partial charge < -0.3 is 10.0 Å². The highest BCUT2D eigenvalue weighted by Gasteiger charge is 2.48. The van der Waals surface area contributed by atoms with Crippen LogP contribution in [0.1, 0.15) is 13.8 Å². The maximum Gasteiger partial charge on any atom is 0.340 e. The minimum atomic E-state index is -1.54. The number of carboxylic acid groups (broad SMARTS) is 1. The Kier molecular flexibility index (Phi) is 3.43. The molecule has 0 radical (unpaired) electrons. The van der Waals surface area contributed by atoms with Crippen LogP contribution in [0.25, 0.3) is 0 Å². The molecule has 0 saturated carbocycles. The van der Waals surface area contributed by atoms with Crippen LogP contribution in [0.15, 0.2) is 23.7 Å². The lowest BCUT2D eigenvalue weighted by Crippen LogP contribution is -2.54. The van der Waals surface area contributed by atoms with Crippen molar-refractivity contribution in [1.29, 1.82) is 0 Å². The van der Waals surface area contributed by atoms with Gasteiger partial charge in [0.25, 0.3) is 0 Å². The Bertz CT molecular complexity index is 486. The van der Waals surface area contributed by atoms with Crippen LogP contribution in [0.3, 0.4) is 0 Å². The summed E-state index contributed by atoms with van der Waals surface area (Å²) in [6.07, 6.45) is 0.694. The third kappa shape index (κ3) is 2.05. The standard InChI is InChI=1S/C13H15F2NO3/c1-3-16-5-8(13(18)19)12(17)7-4-9(14)6(2)10(15)11(7)16/h4-7,10-11H,3H2,1-2H3,(H,18,19). The molecule has 1 aliphatic carbocycles. The fourth-order valence-electron chi connectivity index (χ4n) is 2.65. The zero-order chi connectivity index (χ0) is 14.3. The van der Waals surface area contributed by atoms with E-state index in [1.165, 1.54) is 18.0 Å². The highest BCUT2D eigenvalue weighted by atomic mass is 19.1. The summed E-state index contributed by atoms with van der Waals surface area (Å²) in [6.45, 7) is 3.50. The van der Waals surface area contributed by atoms with E-state index in [9.17, 15) is 18.4 Å². The van der Waals surface area contributed by atoms with E-state index in [4.69, 9.17) is 5.11 Å². The van der Waals surface area contributed by atoms with Gasteiger partial charge in [-0.1, -0.05) is 6.92 Å². The van der Waals surface area contributed by atoms with Gasteiger partial charge in [-0.05, 0) is 13.0 Å². The molecule has 2 rings (SSSR count). The summed E-state index contributed by atoms with van der Waals surface area (Å²) in [7, 11) is 0. The molecule has 0 aromatic carbocycles. The lowest BCUT2D eigenvalue weighted by Gasteiger charge is -2.43. The number of Topliss-reactive ketones (excluding diaryl/α,β-unsaturated/α-hetero) is 1. The van der Waals surface area contributed by atoms with Crippen LogP contribution in [-0.4, -0.2) is 40.5 Å². The smallest absolute Gasteiger partial charge is 0.340 e. The van der Waals surface area contributed by atoms with Crippen LogP contribution < -0.4 is 0 Å². The number of halogens is 2. The van der Waals surface area contributed by atoms with Crippen LogP contribution in [0, 0.1) is 11.8 Å². The molecule has 2 aliphatic rings. The Morgan fingerprint density at radius 2 is 2.16 bits per heavy atom. The maximum atomic E-state index is 14.3. The Morgan fingerprint density at radius 1 is 1.53 bits per heavy atom. The van der Waals surface area contributed by atoms with Crippen molar-refractivity contribution in [3.63, 3.8) is 0 Å². The number of nitrogens with zero attached hydrogens (tertiary/aromatic N) is 1. The van der Waals surface area contributed by atoms with Gasteiger partial charge in [0, 0.05) is 18.7 Å². The van der Waals surface area contributed by atoms with E-state index in [1.54, 1.807) is 6.92 Å². The van der Waals surface area contributed by atoms with Crippen LogP contribution in [0.4, 0.5) is 8.78 Å². The zero-order valence-corrected chi connectivity index (χ0v) is 10.6. The first-order valence-corrected chi connectivity index (χ1v) is 6.14. The highest BCUT2D eigenvalue weighted by molar-refractivity contribution is 6.18. The predicted molar refractivity (Wildman–Crippen MR) is 63.6 cm³/mol. The summed E-state index contributed by atoms with van der Waals surface area (Å²) >= 11 is 0. The van der Waals surface area contributed by atoms with E-state index in [0.29, 0.717) is 6.54 Å². The summed E-state index contributed by atoms with van der Waals surface area (Å²) in [5.41, 5.74) is -0.422. The van der Waals surface area contributed by atoms with Crippen LogP contribution in [-0.2, 0) is 9.59 Å². The molecule has 6 heteroatoms. The lowest BCUT2D eigenvalue weighted by atomic mass is 9.76. The topological polar surface area (TPSA) is 57.6 Å². The fourth-order valence-corrected chi connectivity index (χ4v) is 2.65. The molecule has 0 amide bonds. The Balaban J connectivity index is 2.50. The van der Waals surface area contributed by atoms with Gasteiger partial charge in [0.15, 0.2) is 5.78 Å². The number of hydrogen-bond donors (Lipinski definition) is 1. The van der Waals surface area contributed by atoms with Crippen LogP contribution in [0.2, 0.25) is 0 Å². The number of carboxylic acids is 1. The largest absolute Gasteiger partial charge is 0.478 e. The van der Waals surface area contributed by atoms with Crippen molar-refractivity contribution in [2.75, 3.05) is 6.54 Å². The van der Waals surface area contributed by atoms with Crippen molar-refractivity contribution in [3.8, 4) is 0 Å². The van der Waals surface area contributed by atoms with E-state index in [0.717, 1.165) is 6.08 Å². The SMILES string of the molecule is CCN1C=C(C(=O)O)C(=O)C2C=C(F)C(C)C(F)C21. The highest BCUT2D eigenvalue weighted by Crippen LogP contribution is 2.38. The van der Waals surface area contributed by atoms with E-state index >= 15 is 0 Å². The Morgan fingerprint density at radius 3 is 2.68 bits per heavy atom. The molecule has 4 atom stereocenters. The summed E-state index contributed by atoms with van der Waals surface area (Å²) < 4.78 is 27.9. The Hall–Kier alpha value is -1.72. The van der Waals surface area contributed by atoms with Crippen molar-refractivity contribution < 1.29 is 23.5 Å². The molecule has 0 bridgehead atoms. The van der Waals surface area contributed by atoms with Crippen molar-refractivity contribution in [2.45, 2.75) is 26.1 Å². The van der Waals surface area contributed by atoms with Crippen molar-refractivity contribution in [1.82, 2.24) is 4.90 Å². The minimum absolute atomic E-state index is 0.355. The third-order valence-corrected chi connectivity index (χ3v) is 3.79. The molecule has 4 unspecified atom stereocenters. The normalized spacial score (nSPS) is 34.5. The van der Waals surface area contributed by atoms with Gasteiger partial charge in [0.2, 0.25) is 0 Å². The molecule has 19 heavy (non-hydrogen) atoms. The number of ketones is 1. The van der Waals surface area contributed by atoms with E-state index in [1.807, 2.05) is 0 Å². The maximum absolute atomic E-state index is 14.3. The first kappa shape index (κ1) is 13.7. The number of carbonyl (C=O) groups is 2. The lowest BCUT2D eigenvalue weighted by molar-refractivity contribution is -0.136. The van der Waals surface area contributed by atoms with Crippen molar-refractivity contribution in [2.24, 2.45) is 11.8 Å². The molecule has 4 nitrogen and oxygen atoms in total. The molecule has 1 aliphatic heterocycles. The predicted octanol–water partition coefficient (Wildman–Crippen LogP) is 1.69. The summed E-state index contributed by atoms with van der Waals surface area (Å²) in [4.78, 5) is 24.5. The van der Waals surface area contributed by atoms with Crippen LogP contribution in [0.5, 0.6) is 0 Å². The van der Waals surface area contributed by atoms with E-state index in [-0.39, 0.29) is 0 Å². The van der Waals surface area contributed by atoms with Gasteiger partial charge >= 0.3 is 5.97 Å². The Labute approximate surface area is 109 Å². The van der Waals surface area contributed by atoms with Gasteiger partial charge in [-0.2, -0.15) is 0 Å². The van der Waals surface area contributed by atoms with Crippen LogP contribution >= 0.6 is 0 Å². The number of fused-ring (bicyclic) bond motifs is 1. The fraction of sp³-hybridized carbons (Fsp3) is 0.538. The van der Waals surface area contributed by atoms with E-state index < -0.39 is 47.2 Å². The average molecular weight is 271 g/mol. The van der Waals surface area contributed by atoms with E-state index in [2.05, 4.69) is 0 Å². The van der Waals surface area contributed by atoms with Gasteiger partial charge in [-0.25, -0.2) is 13.6 Å². The van der Waals surface area contributed by atoms with Crippen molar-refractivity contribution >= 4 is 11.8 Å². The number of allylic oxidation sites excluding steroid dienone is 1. The molecule has 0 fully saturated rings. The van der Waals surface area contributed by atoms with Crippen molar-refractivity contribution in [3.05, 3.63) is 23.7 Å². The molecule has 1 N–H and O–H groups in total. The second-order valence-corrected chi connectivity index (χ2v) is 4.84. The molecular formula is C13H15F2NO3. The number of alkyl halides is 1. The van der Waals surface area contributed by atoms with Gasteiger partial charge in [0.1, 0.15) is 17.6 Å². The number of rotatable bonds is 2. The number of carbonyl (C=O) groups excluding carboxylic acids is 1.